The van der Waals surface area contributed by atoms with Gasteiger partial charge in [0, 0.05) is 37.9 Å². The molecule has 2 aliphatic rings. The zero-order valence-corrected chi connectivity index (χ0v) is 19.6. The average molecular weight is 457 g/mol. The summed E-state index contributed by atoms with van der Waals surface area (Å²) in [4.78, 5) is 18.0. The van der Waals surface area contributed by atoms with E-state index < -0.39 is 5.91 Å². The average Bonchev–Trinajstić information content (AvgIpc) is 3.11. The normalized spacial score (nSPS) is 21.1. The van der Waals surface area contributed by atoms with Crippen molar-refractivity contribution in [2.24, 2.45) is 5.41 Å². The van der Waals surface area contributed by atoms with Crippen LogP contribution in [0.4, 0.5) is 5.82 Å². The quantitative estimate of drug-likeness (QED) is 0.255. The number of anilines is 1. The number of nitrogens with zero attached hydrogens (tertiary/aromatic N) is 2. The van der Waals surface area contributed by atoms with Gasteiger partial charge in [0.15, 0.2) is 0 Å². The summed E-state index contributed by atoms with van der Waals surface area (Å²) in [5, 5.41) is 12.0. The molecule has 1 fully saturated rings. The summed E-state index contributed by atoms with van der Waals surface area (Å²) < 4.78 is 0. The van der Waals surface area contributed by atoms with Crippen LogP contribution in [0.2, 0.25) is 0 Å². The summed E-state index contributed by atoms with van der Waals surface area (Å²) >= 11 is 0. The molecule has 1 saturated heterocycles. The van der Waals surface area contributed by atoms with Crippen LogP contribution in [0.3, 0.4) is 0 Å². The molecule has 0 saturated carbocycles. The third kappa shape index (κ3) is 6.98. The second kappa shape index (κ2) is 11.7. The summed E-state index contributed by atoms with van der Waals surface area (Å²) in [5.74, 6) is 0.295. The van der Waals surface area contributed by atoms with E-state index in [1.54, 1.807) is 28.9 Å². The predicted octanol–water partition coefficient (Wildman–Crippen LogP) is 4.46. The van der Waals surface area contributed by atoms with Crippen LogP contribution in [0.1, 0.15) is 52.0 Å². The molecule has 8 heteroatoms. The smallest absolute Gasteiger partial charge is 0.267 e. The van der Waals surface area contributed by atoms with E-state index in [1.807, 2.05) is 12.1 Å². The maximum atomic E-state index is 11.0. The number of carbonyl (C=O) groups excluding carboxylic acids is 1. The largest absolute Gasteiger partial charge is 0.366 e. The van der Waals surface area contributed by atoms with E-state index in [9.17, 15) is 4.79 Å². The van der Waals surface area contributed by atoms with Gasteiger partial charge in [0.1, 0.15) is 5.82 Å². The topological polar surface area (TPSA) is 77.5 Å². The number of hydrogen-bond acceptors (Lipinski definition) is 5. The Labute approximate surface area is 192 Å². The van der Waals surface area contributed by atoms with E-state index >= 15 is 0 Å². The van der Waals surface area contributed by atoms with Crippen LogP contribution >= 0.6 is 24.8 Å². The number of halogens is 2. The Bertz CT molecular complexity index is 763. The van der Waals surface area contributed by atoms with E-state index in [2.05, 4.69) is 36.0 Å². The molecule has 1 aliphatic carbocycles. The van der Waals surface area contributed by atoms with Gasteiger partial charge in [-0.2, -0.15) is 0 Å². The number of carbonyl (C=O) groups is 1. The standard InChI is InChI=1S/C22H32N4O2.2ClH/c1-16-5-4-11-22(2,3)19(16)15-26-12-10-18(14-26)24-20-8-6-17(13-23-20)7-9-21(27)25-28;;/h6-9,13,18,28H,4-5,10-12,14-15H2,1-3H3,(H,23,24)(H,25,27);2*1H/t18-;;/m1../s1. The molecule has 1 atom stereocenters. The molecule has 1 aliphatic heterocycles. The van der Waals surface area contributed by atoms with Crippen molar-refractivity contribution in [3.8, 4) is 0 Å². The highest BCUT2D eigenvalue weighted by Crippen LogP contribution is 2.40. The fourth-order valence-electron chi connectivity index (χ4n) is 4.35. The number of allylic oxidation sites excluding steroid dienone is 1. The third-order valence-corrected chi connectivity index (χ3v) is 6.02. The predicted molar refractivity (Wildman–Crippen MR) is 126 cm³/mol. The first kappa shape index (κ1) is 26.4. The maximum absolute atomic E-state index is 11.0. The molecule has 0 radical (unpaired) electrons. The molecule has 3 rings (SSSR count). The molecule has 3 N–H and O–H groups in total. The Hall–Kier alpha value is -1.60. The summed E-state index contributed by atoms with van der Waals surface area (Å²) in [5.41, 5.74) is 5.93. The number of hydrogen-bond donors (Lipinski definition) is 3. The zero-order valence-electron chi connectivity index (χ0n) is 18.0. The lowest BCUT2D eigenvalue weighted by atomic mass is 9.72. The van der Waals surface area contributed by atoms with E-state index in [-0.39, 0.29) is 24.8 Å². The molecule has 30 heavy (non-hydrogen) atoms. The monoisotopic (exact) mass is 456 g/mol. The van der Waals surface area contributed by atoms with Gasteiger partial charge in [-0.25, -0.2) is 10.5 Å². The molecular weight excluding hydrogens is 423 g/mol. The summed E-state index contributed by atoms with van der Waals surface area (Å²) in [6.45, 7) is 10.3. The highest BCUT2D eigenvalue weighted by Gasteiger charge is 2.31. The van der Waals surface area contributed by atoms with Crippen LogP contribution in [0.25, 0.3) is 6.08 Å². The van der Waals surface area contributed by atoms with Crippen molar-refractivity contribution in [3.63, 3.8) is 0 Å². The lowest BCUT2D eigenvalue weighted by Gasteiger charge is -2.36. The second-order valence-electron chi connectivity index (χ2n) is 8.65. The van der Waals surface area contributed by atoms with Crippen LogP contribution < -0.4 is 10.8 Å². The van der Waals surface area contributed by atoms with Crippen molar-refractivity contribution in [1.82, 2.24) is 15.4 Å². The minimum absolute atomic E-state index is 0. The van der Waals surface area contributed by atoms with Crippen molar-refractivity contribution in [3.05, 3.63) is 41.1 Å². The molecular formula is C22H34Cl2N4O2. The van der Waals surface area contributed by atoms with Gasteiger partial charge in [-0.3, -0.25) is 14.9 Å². The summed E-state index contributed by atoms with van der Waals surface area (Å²) in [7, 11) is 0. The number of amides is 1. The van der Waals surface area contributed by atoms with Gasteiger partial charge in [-0.05, 0) is 61.8 Å². The first-order valence-corrected chi connectivity index (χ1v) is 10.1. The molecule has 0 aromatic carbocycles. The first-order valence-electron chi connectivity index (χ1n) is 10.1. The molecule has 2 heterocycles. The Morgan fingerprint density at radius 1 is 1.37 bits per heavy atom. The summed E-state index contributed by atoms with van der Waals surface area (Å²) in [6.07, 6.45) is 9.57. The maximum Gasteiger partial charge on any atom is 0.267 e. The van der Waals surface area contributed by atoms with E-state index in [0.717, 1.165) is 37.4 Å². The number of rotatable bonds is 6. The first-order chi connectivity index (χ1) is 13.4. The number of pyridine rings is 1. The third-order valence-electron chi connectivity index (χ3n) is 6.02. The fourth-order valence-corrected chi connectivity index (χ4v) is 4.35. The molecule has 1 amide bonds. The van der Waals surface area contributed by atoms with E-state index in [0.29, 0.717) is 11.5 Å². The van der Waals surface area contributed by atoms with Crippen molar-refractivity contribution in [1.29, 1.82) is 0 Å². The van der Waals surface area contributed by atoms with Crippen LogP contribution in [0.15, 0.2) is 35.6 Å². The number of hydroxylamine groups is 1. The van der Waals surface area contributed by atoms with Gasteiger partial charge in [0.05, 0.1) is 0 Å². The highest BCUT2D eigenvalue weighted by atomic mass is 35.5. The Kier molecular flexibility index (Phi) is 10.3. The molecule has 168 valence electrons. The molecule has 1 aromatic rings. The zero-order chi connectivity index (χ0) is 20.1. The lowest BCUT2D eigenvalue weighted by Crippen LogP contribution is -2.33. The molecule has 0 spiro atoms. The summed E-state index contributed by atoms with van der Waals surface area (Å²) in [6, 6.07) is 4.24. The van der Waals surface area contributed by atoms with Gasteiger partial charge < -0.3 is 5.32 Å². The molecule has 6 nitrogen and oxygen atoms in total. The Balaban J connectivity index is 0.00000225. The lowest BCUT2D eigenvalue weighted by molar-refractivity contribution is -0.124. The van der Waals surface area contributed by atoms with Gasteiger partial charge in [0.25, 0.3) is 5.91 Å². The fraction of sp³-hybridized carbons (Fsp3) is 0.545. The Morgan fingerprint density at radius 3 is 2.77 bits per heavy atom. The van der Waals surface area contributed by atoms with Gasteiger partial charge in [0.2, 0.25) is 0 Å². The van der Waals surface area contributed by atoms with Crippen molar-refractivity contribution in [2.75, 3.05) is 25.0 Å². The SMILES string of the molecule is CC1=C(CN2CC[C@@H](Nc3ccc(C=CC(=O)NO)cn3)C2)C(C)(C)CCC1.Cl.Cl. The highest BCUT2D eigenvalue weighted by molar-refractivity contribution is 5.90. The minimum atomic E-state index is -0.556. The van der Waals surface area contributed by atoms with Crippen molar-refractivity contribution in [2.45, 2.75) is 52.5 Å². The van der Waals surface area contributed by atoms with Crippen LogP contribution in [0.5, 0.6) is 0 Å². The van der Waals surface area contributed by atoms with Gasteiger partial charge in [-0.15, -0.1) is 24.8 Å². The van der Waals surface area contributed by atoms with Crippen LogP contribution in [-0.2, 0) is 4.79 Å². The van der Waals surface area contributed by atoms with E-state index in [1.165, 1.54) is 25.3 Å². The molecule has 0 bridgehead atoms. The van der Waals surface area contributed by atoms with Gasteiger partial charge >= 0.3 is 0 Å². The van der Waals surface area contributed by atoms with Crippen LogP contribution in [-0.4, -0.2) is 46.7 Å². The number of nitrogens with one attached hydrogen (secondary N) is 2. The van der Waals surface area contributed by atoms with Crippen molar-refractivity contribution >= 4 is 42.6 Å². The van der Waals surface area contributed by atoms with E-state index in [4.69, 9.17) is 5.21 Å². The van der Waals surface area contributed by atoms with Crippen LogP contribution in [0, 0.1) is 5.41 Å². The molecule has 0 unspecified atom stereocenters. The van der Waals surface area contributed by atoms with Gasteiger partial charge in [-0.1, -0.05) is 25.0 Å². The Morgan fingerprint density at radius 2 is 2.13 bits per heavy atom. The second-order valence-corrected chi connectivity index (χ2v) is 8.65. The number of likely N-dealkylation sites (tertiary alicyclic amines) is 1. The number of aromatic nitrogens is 1. The molecule has 1 aromatic heterocycles. The van der Waals surface area contributed by atoms with Crippen molar-refractivity contribution < 1.29 is 10.0 Å². The minimum Gasteiger partial charge on any atom is -0.366 e.